The number of hydrogen-bond acceptors (Lipinski definition) is 6. The van der Waals surface area contributed by atoms with Gasteiger partial charge in [0.1, 0.15) is 13.2 Å². The molecule has 2 atom stereocenters. The van der Waals surface area contributed by atoms with E-state index in [4.69, 9.17) is 9.47 Å². The van der Waals surface area contributed by atoms with E-state index >= 15 is 0 Å². The fraction of sp³-hybridized carbons (Fsp3) is 0.385. The quantitative estimate of drug-likeness (QED) is 0.640. The number of ether oxygens (including phenoxy) is 2. The predicted octanol–water partition coefficient (Wildman–Crippen LogP) is 2.53. The number of carbonyl (C=O) groups is 4. The molecule has 2 saturated heterocycles. The van der Waals surface area contributed by atoms with Gasteiger partial charge in [0.05, 0.1) is 11.3 Å². The number of fused-ring (bicyclic) bond motifs is 1. The van der Waals surface area contributed by atoms with Crippen LogP contribution in [-0.2, 0) is 24.6 Å². The molecule has 5 rings (SSSR count). The van der Waals surface area contributed by atoms with Gasteiger partial charge in [-0.15, -0.1) is 0 Å². The van der Waals surface area contributed by atoms with Crippen LogP contribution in [0, 0.1) is 5.92 Å². The van der Waals surface area contributed by atoms with Crippen molar-refractivity contribution in [3.8, 4) is 11.5 Å². The molecular formula is C26H27N3O6. The predicted molar refractivity (Wildman–Crippen MR) is 127 cm³/mol. The second-order valence-corrected chi connectivity index (χ2v) is 9.11. The van der Waals surface area contributed by atoms with Crippen LogP contribution >= 0.6 is 0 Å². The summed E-state index contributed by atoms with van der Waals surface area (Å²) in [6, 6.07) is 12.5. The average molecular weight is 478 g/mol. The van der Waals surface area contributed by atoms with Crippen LogP contribution in [0.4, 0.5) is 11.4 Å². The number of hydrogen-bond donors (Lipinski definition) is 2. The van der Waals surface area contributed by atoms with Gasteiger partial charge in [-0.2, -0.15) is 0 Å². The molecule has 2 unspecified atom stereocenters. The molecule has 0 spiro atoms. The highest BCUT2D eigenvalue weighted by Crippen LogP contribution is 2.37. The summed E-state index contributed by atoms with van der Waals surface area (Å²) >= 11 is 0. The molecule has 3 heterocycles. The fourth-order valence-electron chi connectivity index (χ4n) is 5.02. The first-order valence-corrected chi connectivity index (χ1v) is 11.9. The monoisotopic (exact) mass is 477 g/mol. The SMILES string of the molecule is CCC1(c2ccc(NC(=O)C3CC(=O)N(c4ccc5c(c4)OCCO5)C3)cc2)CCC(=O)NC1=O. The summed E-state index contributed by atoms with van der Waals surface area (Å²) in [5.41, 5.74) is 1.32. The Balaban J connectivity index is 1.25. The van der Waals surface area contributed by atoms with Gasteiger partial charge in [-0.05, 0) is 42.7 Å². The first-order chi connectivity index (χ1) is 16.9. The summed E-state index contributed by atoms with van der Waals surface area (Å²) in [6.45, 7) is 3.14. The summed E-state index contributed by atoms with van der Waals surface area (Å²) in [7, 11) is 0. The van der Waals surface area contributed by atoms with Crippen molar-refractivity contribution in [3.63, 3.8) is 0 Å². The standard InChI is InChI=1S/C26H27N3O6/c1-2-26(10-9-22(30)28-25(26)33)17-3-5-18(6-4-17)27-24(32)16-13-23(31)29(15-16)19-7-8-20-21(14-19)35-12-11-34-20/h3-8,14,16H,2,9-13,15H2,1H3,(H,27,32)(H,28,30,33). The number of nitrogens with one attached hydrogen (secondary N) is 2. The summed E-state index contributed by atoms with van der Waals surface area (Å²) in [6.07, 6.45) is 1.44. The molecule has 0 aliphatic carbocycles. The maximum Gasteiger partial charge on any atom is 0.237 e. The van der Waals surface area contributed by atoms with E-state index in [1.807, 2.05) is 19.1 Å². The van der Waals surface area contributed by atoms with Gasteiger partial charge in [0.15, 0.2) is 11.5 Å². The van der Waals surface area contributed by atoms with E-state index in [2.05, 4.69) is 10.6 Å². The second kappa shape index (κ2) is 9.05. The Hall–Kier alpha value is -3.88. The maximum absolute atomic E-state index is 12.9. The number of amides is 4. The van der Waals surface area contributed by atoms with E-state index in [0.29, 0.717) is 55.4 Å². The lowest BCUT2D eigenvalue weighted by atomic mass is 9.72. The molecule has 9 nitrogen and oxygen atoms in total. The lowest BCUT2D eigenvalue weighted by molar-refractivity contribution is -0.138. The van der Waals surface area contributed by atoms with Gasteiger partial charge in [-0.25, -0.2) is 0 Å². The zero-order valence-electron chi connectivity index (χ0n) is 19.5. The highest BCUT2D eigenvalue weighted by atomic mass is 16.6. The third-order valence-electron chi connectivity index (χ3n) is 7.11. The molecular weight excluding hydrogens is 450 g/mol. The van der Waals surface area contributed by atoms with Crippen molar-refractivity contribution in [3.05, 3.63) is 48.0 Å². The largest absolute Gasteiger partial charge is 0.486 e. The summed E-state index contributed by atoms with van der Waals surface area (Å²) < 4.78 is 11.1. The number of imide groups is 1. The van der Waals surface area contributed by atoms with Crippen molar-refractivity contribution >= 4 is 35.0 Å². The zero-order chi connectivity index (χ0) is 24.6. The Bertz CT molecular complexity index is 1190. The first kappa shape index (κ1) is 22.9. The molecule has 2 N–H and O–H groups in total. The second-order valence-electron chi connectivity index (χ2n) is 9.11. The number of rotatable bonds is 5. The van der Waals surface area contributed by atoms with Crippen molar-refractivity contribution in [2.75, 3.05) is 30.0 Å². The summed E-state index contributed by atoms with van der Waals surface area (Å²) in [5, 5.41) is 5.33. The maximum atomic E-state index is 12.9. The van der Waals surface area contributed by atoms with E-state index in [-0.39, 0.29) is 36.6 Å². The molecule has 0 saturated carbocycles. The van der Waals surface area contributed by atoms with Crippen LogP contribution in [0.15, 0.2) is 42.5 Å². The summed E-state index contributed by atoms with van der Waals surface area (Å²) in [5.74, 6) is -0.150. The molecule has 0 aromatic heterocycles. The fourth-order valence-corrected chi connectivity index (χ4v) is 5.02. The van der Waals surface area contributed by atoms with Gasteiger partial charge in [-0.3, -0.25) is 24.5 Å². The minimum absolute atomic E-state index is 0.117. The third-order valence-corrected chi connectivity index (χ3v) is 7.11. The van der Waals surface area contributed by atoms with Gasteiger partial charge < -0.3 is 19.7 Å². The molecule has 2 fully saturated rings. The number of benzene rings is 2. The van der Waals surface area contributed by atoms with Crippen LogP contribution in [0.3, 0.4) is 0 Å². The van der Waals surface area contributed by atoms with Crippen molar-refractivity contribution in [2.24, 2.45) is 5.92 Å². The molecule has 182 valence electrons. The van der Waals surface area contributed by atoms with E-state index < -0.39 is 11.3 Å². The van der Waals surface area contributed by atoms with Gasteiger partial charge in [0, 0.05) is 36.8 Å². The smallest absolute Gasteiger partial charge is 0.237 e. The molecule has 0 bridgehead atoms. The van der Waals surface area contributed by atoms with Crippen LogP contribution in [0.1, 0.15) is 38.2 Å². The van der Waals surface area contributed by atoms with E-state index in [1.54, 1.807) is 35.2 Å². The van der Waals surface area contributed by atoms with E-state index in [0.717, 1.165) is 5.56 Å². The Kier molecular flexibility index (Phi) is 5.92. The lowest BCUT2D eigenvalue weighted by Crippen LogP contribution is -2.51. The summed E-state index contributed by atoms with van der Waals surface area (Å²) in [4.78, 5) is 51.4. The van der Waals surface area contributed by atoms with Crippen molar-refractivity contribution in [1.82, 2.24) is 5.32 Å². The zero-order valence-corrected chi connectivity index (χ0v) is 19.5. The van der Waals surface area contributed by atoms with Crippen LogP contribution in [0.2, 0.25) is 0 Å². The highest BCUT2D eigenvalue weighted by molar-refractivity contribution is 6.04. The van der Waals surface area contributed by atoms with Crippen molar-refractivity contribution in [1.29, 1.82) is 0 Å². The number of carbonyl (C=O) groups excluding carboxylic acids is 4. The molecule has 2 aromatic carbocycles. The van der Waals surface area contributed by atoms with Crippen molar-refractivity contribution in [2.45, 2.75) is 38.0 Å². The van der Waals surface area contributed by atoms with E-state index in [9.17, 15) is 19.2 Å². The van der Waals surface area contributed by atoms with Crippen LogP contribution in [0.25, 0.3) is 0 Å². The average Bonchev–Trinajstić information content (AvgIpc) is 3.26. The Labute approximate surface area is 202 Å². The highest BCUT2D eigenvalue weighted by Gasteiger charge is 2.42. The number of anilines is 2. The molecule has 35 heavy (non-hydrogen) atoms. The minimum atomic E-state index is -0.752. The van der Waals surface area contributed by atoms with Crippen LogP contribution in [-0.4, -0.2) is 43.4 Å². The normalized spacial score (nSPS) is 23.7. The Morgan fingerprint density at radius 3 is 2.54 bits per heavy atom. The van der Waals surface area contributed by atoms with E-state index in [1.165, 1.54) is 0 Å². The lowest BCUT2D eigenvalue weighted by Gasteiger charge is -2.35. The first-order valence-electron chi connectivity index (χ1n) is 11.9. The topological polar surface area (TPSA) is 114 Å². The van der Waals surface area contributed by atoms with Gasteiger partial charge in [0.25, 0.3) is 0 Å². The minimum Gasteiger partial charge on any atom is -0.486 e. The third kappa shape index (κ3) is 4.22. The van der Waals surface area contributed by atoms with Gasteiger partial charge in [0.2, 0.25) is 23.6 Å². The van der Waals surface area contributed by atoms with Crippen LogP contribution in [0.5, 0.6) is 11.5 Å². The van der Waals surface area contributed by atoms with Crippen LogP contribution < -0.4 is 25.0 Å². The molecule has 3 aliphatic rings. The van der Waals surface area contributed by atoms with Gasteiger partial charge in [-0.1, -0.05) is 19.1 Å². The molecule has 0 radical (unpaired) electrons. The Morgan fingerprint density at radius 2 is 1.83 bits per heavy atom. The molecule has 4 amide bonds. The molecule has 3 aliphatic heterocycles. The van der Waals surface area contributed by atoms with Crippen molar-refractivity contribution < 1.29 is 28.7 Å². The van der Waals surface area contributed by atoms with Gasteiger partial charge >= 0.3 is 0 Å². The molecule has 9 heteroatoms. The number of piperidine rings is 1. The molecule has 2 aromatic rings. The Morgan fingerprint density at radius 1 is 1.09 bits per heavy atom. The number of nitrogens with zero attached hydrogens (tertiary/aromatic N) is 1.